The topological polar surface area (TPSA) is 84.7 Å². The molecule has 6 heteroatoms. The SMILES string of the molecule is C1=NCOc2ccccc21.O=c1[nH]c2ccccc2c(=O)o1. The van der Waals surface area contributed by atoms with Crippen molar-refractivity contribution in [1.29, 1.82) is 0 Å². The first kappa shape index (κ1) is 13.8. The zero-order chi connectivity index (χ0) is 15.4. The van der Waals surface area contributed by atoms with E-state index in [1.165, 1.54) is 0 Å². The Morgan fingerprint density at radius 1 is 1.00 bits per heavy atom. The minimum absolute atomic E-state index is 0.386. The van der Waals surface area contributed by atoms with Gasteiger partial charge in [-0.2, -0.15) is 0 Å². The third kappa shape index (κ3) is 2.95. The number of hydrogen-bond acceptors (Lipinski definition) is 5. The lowest BCUT2D eigenvalue weighted by molar-refractivity contribution is 0.326. The lowest BCUT2D eigenvalue weighted by atomic mass is 10.2. The van der Waals surface area contributed by atoms with E-state index in [1.807, 2.05) is 30.5 Å². The zero-order valence-electron chi connectivity index (χ0n) is 11.5. The highest BCUT2D eigenvalue weighted by atomic mass is 16.5. The summed E-state index contributed by atoms with van der Waals surface area (Å²) >= 11 is 0. The first-order valence-electron chi connectivity index (χ1n) is 6.58. The van der Waals surface area contributed by atoms with E-state index in [4.69, 9.17) is 4.74 Å². The molecular weight excluding hydrogens is 284 g/mol. The monoisotopic (exact) mass is 296 g/mol. The summed E-state index contributed by atoms with van der Waals surface area (Å²) in [4.78, 5) is 28.1. The maximum absolute atomic E-state index is 11.0. The van der Waals surface area contributed by atoms with E-state index >= 15 is 0 Å². The van der Waals surface area contributed by atoms with Gasteiger partial charge in [0.2, 0.25) is 0 Å². The van der Waals surface area contributed by atoms with E-state index in [9.17, 15) is 9.59 Å². The smallest absolute Gasteiger partial charge is 0.419 e. The number of fused-ring (bicyclic) bond motifs is 2. The summed E-state index contributed by atoms with van der Waals surface area (Å²) in [5, 5.41) is 0.386. The van der Waals surface area contributed by atoms with Crippen LogP contribution >= 0.6 is 0 Å². The molecule has 0 atom stereocenters. The van der Waals surface area contributed by atoms with Gasteiger partial charge in [-0.3, -0.25) is 9.98 Å². The van der Waals surface area contributed by atoms with E-state index in [-0.39, 0.29) is 0 Å². The van der Waals surface area contributed by atoms with Gasteiger partial charge in [0.1, 0.15) is 5.75 Å². The van der Waals surface area contributed by atoms with Crippen molar-refractivity contribution in [3.8, 4) is 5.75 Å². The van der Waals surface area contributed by atoms with Gasteiger partial charge in [0.15, 0.2) is 6.73 Å². The third-order valence-corrected chi connectivity index (χ3v) is 3.01. The second-order valence-corrected chi connectivity index (χ2v) is 4.47. The number of hydrogen-bond donors (Lipinski definition) is 1. The van der Waals surface area contributed by atoms with Crippen molar-refractivity contribution in [2.75, 3.05) is 6.73 Å². The highest BCUT2D eigenvalue weighted by molar-refractivity contribution is 5.84. The lowest BCUT2D eigenvalue weighted by Gasteiger charge is -2.09. The van der Waals surface area contributed by atoms with Crippen LogP contribution in [0.25, 0.3) is 10.9 Å². The standard InChI is InChI=1S/C8H5NO3.C8H7NO/c10-7-5-3-1-2-4-6(5)9-8(11)12-7;1-2-4-8-7(3-1)5-9-6-10-8/h1-4H,(H,9,11);1-5H,6H2. The number of rotatable bonds is 0. The number of aromatic nitrogens is 1. The van der Waals surface area contributed by atoms with E-state index in [1.54, 1.807) is 24.3 Å². The predicted octanol–water partition coefficient (Wildman–Crippen LogP) is 1.94. The van der Waals surface area contributed by atoms with Crippen molar-refractivity contribution in [3.63, 3.8) is 0 Å². The summed E-state index contributed by atoms with van der Waals surface area (Å²) in [6.45, 7) is 0.455. The molecule has 1 aliphatic rings. The minimum Gasteiger partial charge on any atom is -0.471 e. The van der Waals surface area contributed by atoms with Crippen LogP contribution in [0, 0.1) is 0 Å². The van der Waals surface area contributed by atoms with Gasteiger partial charge in [0.25, 0.3) is 0 Å². The van der Waals surface area contributed by atoms with Gasteiger partial charge in [-0.05, 0) is 24.3 Å². The molecule has 0 saturated heterocycles. The fourth-order valence-corrected chi connectivity index (χ4v) is 2.01. The molecule has 0 fully saturated rings. The van der Waals surface area contributed by atoms with Crippen molar-refractivity contribution in [1.82, 2.24) is 4.98 Å². The molecule has 0 unspecified atom stereocenters. The first-order chi connectivity index (χ1) is 10.7. The summed E-state index contributed by atoms with van der Waals surface area (Å²) in [6, 6.07) is 14.5. The quantitative estimate of drug-likeness (QED) is 0.687. The molecule has 2 heterocycles. The molecule has 6 nitrogen and oxygen atoms in total. The van der Waals surface area contributed by atoms with Crippen LogP contribution in [0.5, 0.6) is 5.75 Å². The highest BCUT2D eigenvalue weighted by Gasteiger charge is 2.02. The van der Waals surface area contributed by atoms with E-state index in [0.29, 0.717) is 17.6 Å². The molecule has 1 N–H and O–H groups in total. The number of nitrogens with zero attached hydrogens (tertiary/aromatic N) is 1. The number of para-hydroxylation sites is 2. The molecule has 1 aromatic heterocycles. The van der Waals surface area contributed by atoms with E-state index in [2.05, 4.69) is 14.4 Å². The van der Waals surface area contributed by atoms with Gasteiger partial charge in [-0.1, -0.05) is 24.3 Å². The molecule has 4 rings (SSSR count). The van der Waals surface area contributed by atoms with Gasteiger partial charge < -0.3 is 9.15 Å². The Morgan fingerprint density at radius 2 is 1.77 bits per heavy atom. The van der Waals surface area contributed by atoms with Crippen LogP contribution in [0.1, 0.15) is 5.56 Å². The number of ether oxygens (including phenoxy) is 1. The normalized spacial score (nSPS) is 12.0. The Kier molecular flexibility index (Phi) is 3.82. The Hall–Kier alpha value is -3.15. The summed E-state index contributed by atoms with van der Waals surface area (Å²) in [5.41, 5.74) is 0.960. The lowest BCUT2D eigenvalue weighted by Crippen LogP contribution is -2.13. The van der Waals surface area contributed by atoms with Crippen molar-refractivity contribution in [2.45, 2.75) is 0 Å². The molecular formula is C16H12N2O4. The van der Waals surface area contributed by atoms with Crippen molar-refractivity contribution < 1.29 is 9.15 Å². The predicted molar refractivity (Wildman–Crippen MR) is 82.6 cm³/mol. The van der Waals surface area contributed by atoms with Gasteiger partial charge in [-0.25, -0.2) is 9.59 Å². The number of H-pyrrole nitrogens is 1. The molecule has 0 amide bonds. The van der Waals surface area contributed by atoms with Crippen LogP contribution in [0.15, 0.2) is 67.5 Å². The molecule has 2 aromatic carbocycles. The van der Waals surface area contributed by atoms with Crippen LogP contribution in [-0.2, 0) is 0 Å². The summed E-state index contributed by atoms with van der Waals surface area (Å²) in [5.74, 6) is 0.205. The van der Waals surface area contributed by atoms with Gasteiger partial charge >= 0.3 is 11.4 Å². The zero-order valence-corrected chi connectivity index (χ0v) is 11.5. The Labute approximate surface area is 124 Å². The summed E-state index contributed by atoms with van der Waals surface area (Å²) < 4.78 is 9.55. The maximum atomic E-state index is 11.0. The molecule has 3 aromatic rings. The highest BCUT2D eigenvalue weighted by Crippen LogP contribution is 2.17. The Morgan fingerprint density at radius 3 is 2.64 bits per heavy atom. The molecule has 110 valence electrons. The van der Waals surface area contributed by atoms with E-state index in [0.717, 1.165) is 11.3 Å². The number of aliphatic imine (C=N–C) groups is 1. The van der Waals surface area contributed by atoms with Crippen LogP contribution in [0.3, 0.4) is 0 Å². The second kappa shape index (κ2) is 6.09. The van der Waals surface area contributed by atoms with E-state index < -0.39 is 11.4 Å². The summed E-state index contributed by atoms with van der Waals surface area (Å²) in [6.07, 6.45) is 1.83. The molecule has 22 heavy (non-hydrogen) atoms. The average Bonchev–Trinajstić information content (AvgIpc) is 2.55. The van der Waals surface area contributed by atoms with Crippen LogP contribution in [-0.4, -0.2) is 17.9 Å². The fourth-order valence-electron chi connectivity index (χ4n) is 2.01. The fraction of sp³-hybridized carbons (Fsp3) is 0.0625. The van der Waals surface area contributed by atoms with Gasteiger partial charge in [0, 0.05) is 11.8 Å². The summed E-state index contributed by atoms with van der Waals surface area (Å²) in [7, 11) is 0. The molecule has 0 saturated carbocycles. The Bertz CT molecular complexity index is 940. The number of nitrogens with one attached hydrogen (secondary N) is 1. The number of benzene rings is 2. The average molecular weight is 296 g/mol. The minimum atomic E-state index is -0.723. The molecule has 0 bridgehead atoms. The molecule has 0 spiro atoms. The largest absolute Gasteiger partial charge is 0.471 e. The molecule has 1 aliphatic heterocycles. The van der Waals surface area contributed by atoms with Crippen LogP contribution < -0.4 is 16.1 Å². The van der Waals surface area contributed by atoms with Crippen LogP contribution in [0.4, 0.5) is 0 Å². The van der Waals surface area contributed by atoms with Crippen LogP contribution in [0.2, 0.25) is 0 Å². The second-order valence-electron chi connectivity index (χ2n) is 4.47. The van der Waals surface area contributed by atoms with Crippen molar-refractivity contribution in [3.05, 3.63) is 75.1 Å². The number of aromatic amines is 1. The molecule has 0 aliphatic carbocycles. The third-order valence-electron chi connectivity index (χ3n) is 3.01. The van der Waals surface area contributed by atoms with Gasteiger partial charge in [-0.15, -0.1) is 0 Å². The van der Waals surface area contributed by atoms with Crippen molar-refractivity contribution >= 4 is 17.1 Å². The molecule has 0 radical (unpaired) electrons. The van der Waals surface area contributed by atoms with Gasteiger partial charge in [0.05, 0.1) is 10.9 Å². The van der Waals surface area contributed by atoms with Crippen molar-refractivity contribution in [2.24, 2.45) is 4.99 Å². The Balaban J connectivity index is 0.000000133. The first-order valence-corrected chi connectivity index (χ1v) is 6.58. The maximum Gasteiger partial charge on any atom is 0.419 e.